The summed E-state index contributed by atoms with van der Waals surface area (Å²) in [7, 11) is 1.59. The van der Waals surface area contributed by atoms with Crippen molar-refractivity contribution in [3.63, 3.8) is 0 Å². The van der Waals surface area contributed by atoms with Crippen molar-refractivity contribution in [2.24, 2.45) is 10.7 Å². The molecule has 10 heteroatoms. The van der Waals surface area contributed by atoms with Crippen molar-refractivity contribution in [2.45, 2.75) is 32.4 Å². The monoisotopic (exact) mass is 502 g/mol. The minimum absolute atomic E-state index is 0.180. The van der Waals surface area contributed by atoms with E-state index in [0.717, 1.165) is 27.8 Å². The number of phenols is 1. The molecule has 5 rings (SSSR count). The van der Waals surface area contributed by atoms with Crippen LogP contribution in [0, 0.1) is 6.92 Å². The van der Waals surface area contributed by atoms with Crippen LogP contribution in [-0.2, 0) is 11.2 Å². The standard InChI is InChI=1S/C27H30N6O4/c1-4-16-8-18(34)5-6-21(16)32-27(28)20-11-30-33-12-17(19-10-29-25(36-3)7-15(19)2)9-23(33)26(20)31-22-13-37-14-24(22)35/h5-12,22,24,31,34-35H,4,13-14H2,1-3H3,(H2,28,32)/t22-,24+/m0/s1. The van der Waals surface area contributed by atoms with Gasteiger partial charge in [-0.25, -0.2) is 14.5 Å². The number of hydrogen-bond donors (Lipinski definition) is 4. The molecule has 0 aliphatic carbocycles. The number of nitrogens with zero attached hydrogens (tertiary/aromatic N) is 4. The van der Waals surface area contributed by atoms with Gasteiger partial charge in [-0.3, -0.25) is 0 Å². The summed E-state index contributed by atoms with van der Waals surface area (Å²) in [5, 5.41) is 28.3. The molecule has 37 heavy (non-hydrogen) atoms. The Kier molecular flexibility index (Phi) is 6.68. The number of ether oxygens (including phenoxy) is 2. The number of anilines is 1. The molecule has 4 heterocycles. The molecule has 2 atom stereocenters. The lowest BCUT2D eigenvalue weighted by atomic mass is 10.1. The summed E-state index contributed by atoms with van der Waals surface area (Å²) in [6.07, 6.45) is 5.38. The third-order valence-corrected chi connectivity index (χ3v) is 6.58. The van der Waals surface area contributed by atoms with Gasteiger partial charge in [0.15, 0.2) is 0 Å². The first-order valence-corrected chi connectivity index (χ1v) is 12.1. The van der Waals surface area contributed by atoms with E-state index in [-0.39, 0.29) is 24.2 Å². The summed E-state index contributed by atoms with van der Waals surface area (Å²) in [4.78, 5) is 9.04. The van der Waals surface area contributed by atoms with E-state index in [1.54, 1.807) is 42.2 Å². The van der Waals surface area contributed by atoms with Crippen molar-refractivity contribution in [3.05, 3.63) is 65.6 Å². The molecule has 1 aliphatic rings. The molecule has 0 saturated carbocycles. The van der Waals surface area contributed by atoms with Gasteiger partial charge in [-0.05, 0) is 48.7 Å². The fourth-order valence-electron chi connectivity index (χ4n) is 4.51. The van der Waals surface area contributed by atoms with Crippen molar-refractivity contribution in [2.75, 3.05) is 25.6 Å². The number of aromatic hydroxyl groups is 1. The maximum absolute atomic E-state index is 10.4. The Morgan fingerprint density at radius 1 is 1.27 bits per heavy atom. The molecule has 1 saturated heterocycles. The Bertz CT molecular complexity index is 1480. The van der Waals surface area contributed by atoms with Gasteiger partial charge < -0.3 is 30.7 Å². The van der Waals surface area contributed by atoms with Crippen LogP contribution in [0.25, 0.3) is 16.6 Å². The van der Waals surface area contributed by atoms with E-state index in [2.05, 4.69) is 20.4 Å². The third kappa shape index (κ3) is 4.81. The second-order valence-corrected chi connectivity index (χ2v) is 9.05. The Morgan fingerprint density at radius 3 is 2.81 bits per heavy atom. The maximum Gasteiger partial charge on any atom is 0.213 e. The lowest BCUT2D eigenvalue weighted by Crippen LogP contribution is -2.33. The summed E-state index contributed by atoms with van der Waals surface area (Å²) in [5.74, 6) is 0.989. The molecular formula is C27H30N6O4. The number of nitrogens with two attached hydrogens (primary N) is 1. The number of aromatic nitrogens is 3. The van der Waals surface area contributed by atoms with Crippen LogP contribution < -0.4 is 15.8 Å². The molecule has 1 fully saturated rings. The van der Waals surface area contributed by atoms with Crippen LogP contribution in [0.3, 0.4) is 0 Å². The summed E-state index contributed by atoms with van der Waals surface area (Å²) in [6.45, 7) is 4.61. The van der Waals surface area contributed by atoms with Gasteiger partial charge in [-0.2, -0.15) is 5.10 Å². The summed E-state index contributed by atoms with van der Waals surface area (Å²) < 4.78 is 12.5. The van der Waals surface area contributed by atoms with E-state index >= 15 is 0 Å². The second-order valence-electron chi connectivity index (χ2n) is 9.05. The van der Waals surface area contributed by atoms with Gasteiger partial charge in [0.25, 0.3) is 0 Å². The molecule has 0 bridgehead atoms. The molecule has 0 amide bonds. The Morgan fingerprint density at radius 2 is 2.11 bits per heavy atom. The third-order valence-electron chi connectivity index (χ3n) is 6.58. The predicted molar refractivity (Wildman–Crippen MR) is 142 cm³/mol. The molecular weight excluding hydrogens is 472 g/mol. The van der Waals surface area contributed by atoms with Crippen LogP contribution in [0.2, 0.25) is 0 Å². The van der Waals surface area contributed by atoms with E-state index in [1.807, 2.05) is 32.2 Å². The van der Waals surface area contributed by atoms with E-state index in [9.17, 15) is 10.2 Å². The van der Waals surface area contributed by atoms with Crippen LogP contribution in [0.15, 0.2) is 53.9 Å². The zero-order chi connectivity index (χ0) is 26.1. The molecule has 0 unspecified atom stereocenters. The molecule has 0 spiro atoms. The number of amidine groups is 1. The summed E-state index contributed by atoms with van der Waals surface area (Å²) >= 11 is 0. The Labute approximate surface area is 214 Å². The average molecular weight is 503 g/mol. The quantitative estimate of drug-likeness (QED) is 0.223. The highest BCUT2D eigenvalue weighted by molar-refractivity contribution is 6.06. The first-order chi connectivity index (χ1) is 17.9. The minimum Gasteiger partial charge on any atom is -0.508 e. The number of aliphatic hydroxyl groups excluding tert-OH is 1. The highest BCUT2D eigenvalue weighted by atomic mass is 16.5. The molecule has 5 N–H and O–H groups in total. The van der Waals surface area contributed by atoms with Crippen LogP contribution in [0.1, 0.15) is 23.6 Å². The molecule has 4 aromatic rings. The number of phenolic OH excluding ortho intramolecular Hbond substituents is 1. The van der Waals surface area contributed by atoms with Gasteiger partial charge in [0, 0.05) is 29.6 Å². The number of pyridine rings is 1. The molecule has 192 valence electrons. The van der Waals surface area contributed by atoms with E-state index in [4.69, 9.17) is 15.2 Å². The lowest BCUT2D eigenvalue weighted by Gasteiger charge is -2.19. The Hall–Kier alpha value is -4.15. The highest BCUT2D eigenvalue weighted by Gasteiger charge is 2.28. The number of nitrogens with one attached hydrogen (secondary N) is 1. The van der Waals surface area contributed by atoms with Gasteiger partial charge in [0.05, 0.1) is 61.1 Å². The zero-order valence-electron chi connectivity index (χ0n) is 21.0. The van der Waals surface area contributed by atoms with Gasteiger partial charge in [-0.15, -0.1) is 0 Å². The highest BCUT2D eigenvalue weighted by Crippen LogP contribution is 2.32. The number of aliphatic imine (C=N–C) groups is 1. The number of aliphatic hydroxyl groups is 1. The normalized spacial score (nSPS) is 17.9. The van der Waals surface area contributed by atoms with Crippen molar-refractivity contribution in [1.29, 1.82) is 0 Å². The number of rotatable bonds is 7. The van der Waals surface area contributed by atoms with Crippen LogP contribution in [-0.4, -0.2) is 63.1 Å². The maximum atomic E-state index is 10.4. The number of aryl methyl sites for hydroxylation is 2. The average Bonchev–Trinajstić information content (AvgIpc) is 3.51. The molecule has 10 nitrogen and oxygen atoms in total. The first kappa shape index (κ1) is 24.5. The van der Waals surface area contributed by atoms with E-state index in [0.29, 0.717) is 35.8 Å². The Balaban J connectivity index is 1.64. The predicted octanol–water partition coefficient (Wildman–Crippen LogP) is 3.19. The zero-order valence-corrected chi connectivity index (χ0v) is 21.0. The molecule has 1 aromatic carbocycles. The van der Waals surface area contributed by atoms with Crippen LogP contribution in [0.4, 0.5) is 11.4 Å². The van der Waals surface area contributed by atoms with Crippen molar-refractivity contribution in [1.82, 2.24) is 14.6 Å². The molecule has 0 radical (unpaired) electrons. The van der Waals surface area contributed by atoms with Crippen molar-refractivity contribution >= 4 is 22.7 Å². The van der Waals surface area contributed by atoms with E-state index < -0.39 is 6.10 Å². The number of benzene rings is 1. The van der Waals surface area contributed by atoms with Crippen LogP contribution >= 0.6 is 0 Å². The van der Waals surface area contributed by atoms with E-state index in [1.165, 1.54) is 0 Å². The van der Waals surface area contributed by atoms with Crippen molar-refractivity contribution < 1.29 is 19.7 Å². The second kappa shape index (κ2) is 10.1. The van der Waals surface area contributed by atoms with Gasteiger partial charge in [0.2, 0.25) is 5.88 Å². The number of methoxy groups -OCH3 is 1. The first-order valence-electron chi connectivity index (χ1n) is 12.1. The fraction of sp³-hybridized carbons (Fsp3) is 0.296. The molecule has 1 aliphatic heterocycles. The molecule has 3 aromatic heterocycles. The smallest absolute Gasteiger partial charge is 0.213 e. The number of fused-ring (bicyclic) bond motifs is 1. The lowest BCUT2D eigenvalue weighted by molar-refractivity contribution is 0.125. The van der Waals surface area contributed by atoms with Gasteiger partial charge in [0.1, 0.15) is 11.6 Å². The van der Waals surface area contributed by atoms with Gasteiger partial charge in [-0.1, -0.05) is 6.92 Å². The largest absolute Gasteiger partial charge is 0.508 e. The SMILES string of the molecule is CCc1cc(O)ccc1N=C(N)c1cnn2cc(-c3cnc(OC)cc3C)cc2c1N[C@H]1COC[C@H]1O. The summed E-state index contributed by atoms with van der Waals surface area (Å²) in [5.41, 5.74) is 13.0. The fourth-order valence-corrected chi connectivity index (χ4v) is 4.51. The topological polar surface area (TPSA) is 140 Å². The van der Waals surface area contributed by atoms with Crippen molar-refractivity contribution in [3.8, 4) is 22.8 Å². The van der Waals surface area contributed by atoms with Crippen LogP contribution in [0.5, 0.6) is 11.6 Å². The van der Waals surface area contributed by atoms with Gasteiger partial charge >= 0.3 is 0 Å². The minimum atomic E-state index is -0.662. The summed E-state index contributed by atoms with van der Waals surface area (Å²) in [6, 6.07) is 8.58. The number of hydrogen-bond acceptors (Lipinski definition) is 8.